The highest BCUT2D eigenvalue weighted by atomic mass is 31.2. The van der Waals surface area contributed by atoms with Crippen molar-refractivity contribution in [3.63, 3.8) is 0 Å². The van der Waals surface area contributed by atoms with Gasteiger partial charge in [-0.05, 0) is 76.7 Å². The number of phosphoric ester groups is 1. The highest BCUT2D eigenvalue weighted by Crippen LogP contribution is 2.43. The Morgan fingerprint density at radius 2 is 1.20 bits per heavy atom. The van der Waals surface area contributed by atoms with Crippen LogP contribution in [0.5, 0.6) is 0 Å². The quantitative estimate of drug-likeness (QED) is 0.0157. The maximum atomic E-state index is 12.5. The third-order valence-corrected chi connectivity index (χ3v) is 8.73. The predicted molar refractivity (Wildman–Crippen MR) is 220 cm³/mol. The summed E-state index contributed by atoms with van der Waals surface area (Å²) in [5.74, 6) is -0.885. The third-order valence-electron chi connectivity index (χ3n) is 7.74. The molecule has 0 heterocycles. The first kappa shape index (κ1) is 50.9. The maximum absolute atomic E-state index is 12.5. The Morgan fingerprint density at radius 1 is 0.630 bits per heavy atom. The molecule has 0 aromatic carbocycles. The molecule has 2 atom stereocenters. The van der Waals surface area contributed by atoms with Crippen LogP contribution < -0.4 is 5.73 Å². The van der Waals surface area contributed by atoms with Gasteiger partial charge in [-0.1, -0.05) is 125 Å². The van der Waals surface area contributed by atoms with E-state index in [1.807, 2.05) is 24.3 Å². The number of carbonyl (C=O) groups excluding carboxylic acids is 3. The normalized spacial score (nSPS) is 14.1. The van der Waals surface area contributed by atoms with Gasteiger partial charge in [-0.3, -0.25) is 23.4 Å². The lowest BCUT2D eigenvalue weighted by Gasteiger charge is -2.19. The third kappa shape index (κ3) is 37.2. The van der Waals surface area contributed by atoms with Gasteiger partial charge in [-0.25, -0.2) is 4.57 Å². The van der Waals surface area contributed by atoms with Crippen molar-refractivity contribution < 1.29 is 42.4 Å². The Balaban J connectivity index is 4.41. The van der Waals surface area contributed by atoms with E-state index in [1.54, 1.807) is 6.08 Å². The Bertz CT molecular complexity index is 1220. The molecule has 0 aliphatic rings. The first-order valence-electron chi connectivity index (χ1n) is 20.0. The maximum Gasteiger partial charge on any atom is 0.472 e. The van der Waals surface area contributed by atoms with E-state index in [0.717, 1.165) is 64.2 Å². The van der Waals surface area contributed by atoms with Crippen LogP contribution in [0.15, 0.2) is 85.1 Å². The molecule has 0 aliphatic carbocycles. The fourth-order valence-electron chi connectivity index (χ4n) is 4.77. The Morgan fingerprint density at radius 3 is 1.83 bits per heavy atom. The average molecular weight is 776 g/mol. The van der Waals surface area contributed by atoms with E-state index >= 15 is 0 Å². The van der Waals surface area contributed by atoms with Gasteiger partial charge in [0.1, 0.15) is 6.61 Å². The van der Waals surface area contributed by atoms with Crippen molar-refractivity contribution in [2.45, 2.75) is 142 Å². The summed E-state index contributed by atoms with van der Waals surface area (Å²) in [4.78, 5) is 46.8. The van der Waals surface area contributed by atoms with Gasteiger partial charge in [0.15, 0.2) is 11.9 Å². The molecule has 0 rings (SSSR count). The van der Waals surface area contributed by atoms with E-state index in [1.165, 1.54) is 19.3 Å². The first-order chi connectivity index (χ1) is 26.2. The molecule has 0 radical (unpaired) electrons. The van der Waals surface area contributed by atoms with Gasteiger partial charge in [0.05, 0.1) is 13.2 Å². The average Bonchev–Trinajstić information content (AvgIpc) is 3.15. The monoisotopic (exact) mass is 775 g/mol. The SMILES string of the molecule is CC/C=C\C/C=C\C/C=C\C/C=C\C/C=C\CCCC(=O)O[C@H](COC(=O)CCCCCCCC(=O)/C=C/C=C\CCCCC)COP(=O)(O)OCCN. The number of ether oxygens (including phenoxy) is 2. The largest absolute Gasteiger partial charge is 0.472 e. The number of unbranched alkanes of at least 4 members (excludes halogenated alkanes) is 8. The molecule has 3 N–H and O–H groups in total. The van der Waals surface area contributed by atoms with Crippen molar-refractivity contribution in [2.75, 3.05) is 26.4 Å². The van der Waals surface area contributed by atoms with Gasteiger partial charge in [0.2, 0.25) is 0 Å². The van der Waals surface area contributed by atoms with E-state index < -0.39 is 32.5 Å². The van der Waals surface area contributed by atoms with Crippen molar-refractivity contribution in [3.05, 3.63) is 85.1 Å². The number of phosphoric acid groups is 1. The van der Waals surface area contributed by atoms with Gasteiger partial charge < -0.3 is 20.1 Å². The van der Waals surface area contributed by atoms with Crippen LogP contribution in [0.2, 0.25) is 0 Å². The van der Waals surface area contributed by atoms with Crippen LogP contribution in [0.3, 0.4) is 0 Å². The van der Waals surface area contributed by atoms with Gasteiger partial charge >= 0.3 is 19.8 Å². The molecular formula is C43H70NO9P. The number of nitrogens with two attached hydrogens (primary N) is 1. The predicted octanol–water partition coefficient (Wildman–Crippen LogP) is 10.4. The highest BCUT2D eigenvalue weighted by molar-refractivity contribution is 7.47. The highest BCUT2D eigenvalue weighted by Gasteiger charge is 2.25. The minimum absolute atomic E-state index is 0.0222. The van der Waals surface area contributed by atoms with Crippen LogP contribution >= 0.6 is 7.82 Å². The Labute approximate surface area is 326 Å². The number of hydrogen-bond donors (Lipinski definition) is 2. The molecule has 0 fully saturated rings. The molecule has 0 aromatic rings. The molecule has 1 unspecified atom stereocenters. The first-order valence-corrected chi connectivity index (χ1v) is 21.5. The zero-order valence-corrected chi connectivity index (χ0v) is 34.1. The van der Waals surface area contributed by atoms with Crippen LogP contribution in [0.4, 0.5) is 0 Å². The Hall–Kier alpha value is -3.14. The van der Waals surface area contributed by atoms with Gasteiger partial charge in [0, 0.05) is 25.8 Å². The zero-order chi connectivity index (χ0) is 39.8. The second-order valence-electron chi connectivity index (χ2n) is 12.8. The number of esters is 2. The lowest BCUT2D eigenvalue weighted by molar-refractivity contribution is -0.161. The summed E-state index contributed by atoms with van der Waals surface area (Å²) in [7, 11) is -4.42. The van der Waals surface area contributed by atoms with Crippen LogP contribution in [-0.2, 0) is 37.5 Å². The number of hydrogen-bond acceptors (Lipinski definition) is 9. The fourth-order valence-corrected chi connectivity index (χ4v) is 5.53. The molecule has 10 nitrogen and oxygen atoms in total. The van der Waals surface area contributed by atoms with Gasteiger partial charge in [-0.15, -0.1) is 0 Å². The summed E-state index contributed by atoms with van der Waals surface area (Å²) in [6.45, 7) is 3.33. The second-order valence-corrected chi connectivity index (χ2v) is 14.3. The van der Waals surface area contributed by atoms with Crippen LogP contribution in [0.1, 0.15) is 136 Å². The summed E-state index contributed by atoms with van der Waals surface area (Å²) in [6.07, 6.45) is 43.0. The summed E-state index contributed by atoms with van der Waals surface area (Å²) >= 11 is 0. The van der Waals surface area contributed by atoms with E-state index in [9.17, 15) is 23.8 Å². The summed E-state index contributed by atoms with van der Waals surface area (Å²) < 4.78 is 32.5. The zero-order valence-electron chi connectivity index (χ0n) is 33.2. The molecule has 11 heteroatoms. The lowest BCUT2D eigenvalue weighted by atomic mass is 10.1. The number of allylic oxidation sites excluding steroid dienone is 14. The molecular weight excluding hydrogens is 705 g/mol. The van der Waals surface area contributed by atoms with E-state index in [0.29, 0.717) is 25.7 Å². The van der Waals surface area contributed by atoms with Crippen LogP contribution in [-0.4, -0.2) is 55.1 Å². The molecule has 306 valence electrons. The number of carbonyl (C=O) groups is 3. The van der Waals surface area contributed by atoms with Gasteiger partial charge in [-0.2, -0.15) is 0 Å². The molecule has 0 spiro atoms. The topological polar surface area (TPSA) is 151 Å². The standard InChI is InChI=1S/C43H70NO9P/c1-3-5-7-9-11-12-13-14-15-16-17-18-19-20-22-26-31-35-43(47)53-41(39-52-54(48,49)51-37-36-44)38-50-42(46)34-30-27-23-25-29-33-40(45)32-28-24-21-10-8-6-4-2/h5,7,11-12,14-15,17-18,20-22,24,28,32,41H,3-4,6,8-10,13,16,19,23,25-27,29-31,33-39,44H2,1-2H3,(H,48,49)/b7-5-,12-11-,15-14-,18-17-,22-20-,24-21-,32-28+/t41-/m1/s1. The van der Waals surface area contributed by atoms with E-state index in [2.05, 4.69) is 68.5 Å². The molecule has 0 saturated carbocycles. The molecule has 54 heavy (non-hydrogen) atoms. The van der Waals surface area contributed by atoms with Crippen molar-refractivity contribution in [2.24, 2.45) is 5.73 Å². The summed E-state index contributed by atoms with van der Waals surface area (Å²) in [6, 6.07) is 0. The summed E-state index contributed by atoms with van der Waals surface area (Å²) in [5.41, 5.74) is 5.32. The minimum atomic E-state index is -4.42. The lowest BCUT2D eigenvalue weighted by Crippen LogP contribution is -2.29. The molecule has 0 aliphatic heterocycles. The smallest absolute Gasteiger partial charge is 0.462 e. The van der Waals surface area contributed by atoms with Crippen LogP contribution in [0.25, 0.3) is 0 Å². The van der Waals surface area contributed by atoms with Crippen molar-refractivity contribution in [1.29, 1.82) is 0 Å². The van der Waals surface area contributed by atoms with E-state index in [-0.39, 0.29) is 38.4 Å². The Kier molecular flexibility index (Phi) is 35.9. The minimum Gasteiger partial charge on any atom is -0.462 e. The molecule has 0 aromatic heterocycles. The number of rotatable bonds is 36. The van der Waals surface area contributed by atoms with E-state index in [4.69, 9.17) is 24.3 Å². The molecule has 0 bridgehead atoms. The van der Waals surface area contributed by atoms with Crippen molar-refractivity contribution >= 4 is 25.5 Å². The fraction of sp³-hybridized carbons (Fsp3) is 0.605. The van der Waals surface area contributed by atoms with Crippen LogP contribution in [0, 0.1) is 0 Å². The number of ketones is 1. The summed E-state index contributed by atoms with van der Waals surface area (Å²) in [5, 5.41) is 0. The molecule has 0 amide bonds. The van der Waals surface area contributed by atoms with Crippen molar-refractivity contribution in [1.82, 2.24) is 0 Å². The van der Waals surface area contributed by atoms with Crippen molar-refractivity contribution in [3.8, 4) is 0 Å². The second kappa shape index (κ2) is 38.1. The van der Waals surface area contributed by atoms with Gasteiger partial charge in [0.25, 0.3) is 0 Å². The molecule has 0 saturated heterocycles.